The predicted octanol–water partition coefficient (Wildman–Crippen LogP) is 2.60. The summed E-state index contributed by atoms with van der Waals surface area (Å²) in [7, 11) is 0. The maximum absolute atomic E-state index is 13.1. The quantitative estimate of drug-likeness (QED) is 0.536. The lowest BCUT2D eigenvalue weighted by Crippen LogP contribution is -2.53. The molecule has 0 unspecified atom stereocenters. The average Bonchev–Trinajstić information content (AvgIpc) is 2.54. The number of nitrogens with zero attached hydrogens (tertiary/aromatic N) is 1. The van der Waals surface area contributed by atoms with Crippen molar-refractivity contribution in [2.75, 3.05) is 19.6 Å². The molecular formula is C18H20NO5+. The molecular weight excluding hydrogens is 310 g/mol. The molecule has 0 saturated heterocycles. The molecule has 0 aliphatic rings. The lowest BCUT2D eigenvalue weighted by Gasteiger charge is -2.33. The fourth-order valence-electron chi connectivity index (χ4n) is 2.51. The van der Waals surface area contributed by atoms with Gasteiger partial charge in [-0.25, -0.2) is 18.9 Å². The second-order valence-electron chi connectivity index (χ2n) is 5.23. The van der Waals surface area contributed by atoms with Crippen LogP contribution in [-0.2, 0) is 0 Å². The number of carboxylic acids is 2. The van der Waals surface area contributed by atoms with Crippen LogP contribution in [-0.4, -0.2) is 52.2 Å². The van der Waals surface area contributed by atoms with Crippen LogP contribution in [0.2, 0.25) is 0 Å². The molecule has 6 heteroatoms. The summed E-state index contributed by atoms with van der Waals surface area (Å²) in [5, 5.41) is 18.5. The minimum Gasteiger partial charge on any atom is -0.478 e. The van der Waals surface area contributed by atoms with Crippen LogP contribution in [0.3, 0.4) is 0 Å². The number of rotatable bonds is 9. The van der Waals surface area contributed by atoms with Gasteiger partial charge in [-0.05, 0) is 36.4 Å². The van der Waals surface area contributed by atoms with Crippen molar-refractivity contribution in [2.24, 2.45) is 0 Å². The van der Waals surface area contributed by atoms with Crippen molar-refractivity contribution >= 4 is 17.8 Å². The molecule has 0 aliphatic heterocycles. The van der Waals surface area contributed by atoms with Gasteiger partial charge in [0, 0.05) is 0 Å². The molecule has 1 aromatic carbocycles. The zero-order valence-corrected chi connectivity index (χ0v) is 13.3. The van der Waals surface area contributed by atoms with Gasteiger partial charge in [0.25, 0.3) is 0 Å². The van der Waals surface area contributed by atoms with Crippen LogP contribution in [0.5, 0.6) is 0 Å². The second-order valence-corrected chi connectivity index (χ2v) is 5.23. The highest BCUT2D eigenvalue weighted by atomic mass is 16.4. The van der Waals surface area contributed by atoms with Crippen LogP contribution >= 0.6 is 0 Å². The highest BCUT2D eigenvalue weighted by Crippen LogP contribution is 2.21. The van der Waals surface area contributed by atoms with Gasteiger partial charge in [-0.1, -0.05) is 19.7 Å². The maximum Gasteiger partial charge on any atom is 0.347 e. The number of quaternary nitrogens is 1. The van der Waals surface area contributed by atoms with Gasteiger partial charge in [-0.15, -0.1) is 0 Å². The summed E-state index contributed by atoms with van der Waals surface area (Å²) in [5.41, 5.74) is -0.560. The van der Waals surface area contributed by atoms with E-state index in [9.17, 15) is 19.5 Å². The zero-order chi connectivity index (χ0) is 18.3. The van der Waals surface area contributed by atoms with Gasteiger partial charge in [0.15, 0.2) is 0 Å². The third-order valence-corrected chi connectivity index (χ3v) is 3.59. The molecule has 2 N–H and O–H groups in total. The Morgan fingerprint density at radius 3 is 1.75 bits per heavy atom. The number of amides is 1. The summed E-state index contributed by atoms with van der Waals surface area (Å²) in [6, 6.07) is 3.38. The Hall–Kier alpha value is -2.99. The first-order valence-electron chi connectivity index (χ1n) is 7.17. The van der Waals surface area contributed by atoms with Crippen molar-refractivity contribution in [3.63, 3.8) is 0 Å². The van der Waals surface area contributed by atoms with Gasteiger partial charge in [0.1, 0.15) is 19.6 Å². The molecule has 1 amide bonds. The van der Waals surface area contributed by atoms with Gasteiger partial charge in [-0.3, -0.25) is 0 Å². The molecule has 0 aromatic heterocycles. The standard InChI is InChI=1S/C18H19NO5/c1-4-9-19(10-5-2,11-6-3)16(20)15-12-13(17(21)22)7-8-14(15)18(23)24/h4-8,12H,1-3,9-11H2,(H-,21,22,23,24)/p+1. The smallest absolute Gasteiger partial charge is 0.347 e. The fraction of sp³-hybridized carbons (Fsp3) is 0.167. The summed E-state index contributed by atoms with van der Waals surface area (Å²) < 4.78 is -0.195. The molecule has 0 atom stereocenters. The Labute approximate surface area is 140 Å². The molecule has 0 bridgehead atoms. The Morgan fingerprint density at radius 1 is 0.875 bits per heavy atom. The number of benzene rings is 1. The van der Waals surface area contributed by atoms with E-state index in [0.717, 1.165) is 18.2 Å². The fourth-order valence-corrected chi connectivity index (χ4v) is 2.51. The lowest BCUT2D eigenvalue weighted by molar-refractivity contribution is -0.830. The molecule has 0 saturated carbocycles. The Kier molecular flexibility index (Phi) is 6.38. The average molecular weight is 330 g/mol. The van der Waals surface area contributed by atoms with Crippen LogP contribution in [0.4, 0.5) is 0 Å². The Balaban J connectivity index is 3.60. The van der Waals surface area contributed by atoms with E-state index in [4.69, 9.17) is 5.11 Å². The van der Waals surface area contributed by atoms with Gasteiger partial charge >= 0.3 is 17.8 Å². The van der Waals surface area contributed by atoms with E-state index >= 15 is 0 Å². The van der Waals surface area contributed by atoms with Crippen molar-refractivity contribution in [1.29, 1.82) is 0 Å². The van der Waals surface area contributed by atoms with E-state index in [2.05, 4.69) is 19.7 Å². The molecule has 0 heterocycles. The van der Waals surface area contributed by atoms with Crippen molar-refractivity contribution in [1.82, 2.24) is 0 Å². The number of aromatic carboxylic acids is 2. The van der Waals surface area contributed by atoms with E-state index in [-0.39, 0.29) is 40.8 Å². The van der Waals surface area contributed by atoms with Gasteiger partial charge in [0.05, 0.1) is 16.7 Å². The third kappa shape index (κ3) is 3.85. The summed E-state index contributed by atoms with van der Waals surface area (Å²) >= 11 is 0. The Bertz CT molecular complexity index is 679. The molecule has 0 fully saturated rings. The first-order valence-corrected chi connectivity index (χ1v) is 7.17. The normalized spacial score (nSPS) is 10.7. The van der Waals surface area contributed by atoms with Gasteiger partial charge < -0.3 is 10.2 Å². The SMILES string of the molecule is C=CC[N+](CC=C)(CC=C)C(=O)c1cc(C(=O)O)ccc1C(=O)O. The topological polar surface area (TPSA) is 91.7 Å². The van der Waals surface area contributed by atoms with Crippen molar-refractivity contribution in [2.45, 2.75) is 0 Å². The number of carbonyl (C=O) groups is 3. The zero-order valence-electron chi connectivity index (χ0n) is 13.3. The summed E-state index contributed by atoms with van der Waals surface area (Å²) in [5.74, 6) is -3.06. The largest absolute Gasteiger partial charge is 0.478 e. The van der Waals surface area contributed by atoms with Crippen LogP contribution in [0, 0.1) is 0 Å². The number of carboxylic acid groups (broad SMARTS) is 2. The number of hydrogen-bond donors (Lipinski definition) is 2. The van der Waals surface area contributed by atoms with E-state index in [1.54, 1.807) is 18.2 Å². The molecule has 1 rings (SSSR count). The molecule has 0 spiro atoms. The highest BCUT2D eigenvalue weighted by Gasteiger charge is 2.37. The molecule has 0 aliphatic carbocycles. The first-order chi connectivity index (χ1) is 11.3. The van der Waals surface area contributed by atoms with E-state index < -0.39 is 17.8 Å². The first kappa shape index (κ1) is 19.1. The molecule has 6 nitrogen and oxygen atoms in total. The lowest BCUT2D eigenvalue weighted by atomic mass is 10.0. The molecule has 24 heavy (non-hydrogen) atoms. The van der Waals surface area contributed by atoms with E-state index in [1.807, 2.05) is 0 Å². The van der Waals surface area contributed by atoms with Crippen LogP contribution in [0.15, 0.2) is 56.2 Å². The van der Waals surface area contributed by atoms with Crippen LogP contribution < -0.4 is 0 Å². The minimum absolute atomic E-state index is 0.155. The van der Waals surface area contributed by atoms with Crippen LogP contribution in [0.1, 0.15) is 31.1 Å². The second kappa shape index (κ2) is 8.03. The number of hydrogen-bond acceptors (Lipinski definition) is 3. The van der Waals surface area contributed by atoms with E-state index in [1.165, 1.54) is 0 Å². The monoisotopic (exact) mass is 330 g/mol. The molecule has 1 aromatic rings. The van der Waals surface area contributed by atoms with Crippen LogP contribution in [0.25, 0.3) is 0 Å². The highest BCUT2D eigenvalue weighted by molar-refractivity contribution is 6.04. The predicted molar refractivity (Wildman–Crippen MR) is 90.1 cm³/mol. The molecule has 126 valence electrons. The van der Waals surface area contributed by atoms with Crippen molar-refractivity contribution in [3.05, 3.63) is 72.9 Å². The minimum atomic E-state index is -1.30. The van der Waals surface area contributed by atoms with Gasteiger partial charge in [0.2, 0.25) is 0 Å². The third-order valence-electron chi connectivity index (χ3n) is 3.59. The van der Waals surface area contributed by atoms with E-state index in [0.29, 0.717) is 0 Å². The summed E-state index contributed by atoms with van der Waals surface area (Å²) in [6.45, 7) is 11.6. The maximum atomic E-state index is 13.1. The summed E-state index contributed by atoms with van der Waals surface area (Å²) in [6.07, 6.45) is 4.64. The molecule has 0 radical (unpaired) electrons. The number of carbonyl (C=O) groups excluding carboxylic acids is 1. The van der Waals surface area contributed by atoms with Gasteiger partial charge in [-0.2, -0.15) is 0 Å². The van der Waals surface area contributed by atoms with Crippen molar-refractivity contribution < 1.29 is 29.1 Å². The summed E-state index contributed by atoms with van der Waals surface area (Å²) in [4.78, 5) is 35.7. The Morgan fingerprint density at radius 2 is 1.38 bits per heavy atom. The van der Waals surface area contributed by atoms with Crippen molar-refractivity contribution in [3.8, 4) is 0 Å².